The Hall–Kier alpha value is -1.65. The summed E-state index contributed by atoms with van der Waals surface area (Å²) in [7, 11) is 0. The molecule has 1 fully saturated rings. The highest BCUT2D eigenvalue weighted by atomic mass is 19.2. The van der Waals surface area contributed by atoms with Crippen molar-refractivity contribution in [2.45, 2.75) is 25.7 Å². The number of benzene rings is 1. The van der Waals surface area contributed by atoms with Gasteiger partial charge in [-0.25, -0.2) is 8.78 Å². The van der Waals surface area contributed by atoms with Gasteiger partial charge in [-0.2, -0.15) is 0 Å². The van der Waals surface area contributed by atoms with E-state index in [9.17, 15) is 13.6 Å². The first-order chi connectivity index (χ1) is 9.18. The first-order valence-electron chi connectivity index (χ1n) is 6.64. The SMILES string of the molecule is O=C(CNc1cccc(F)c1F)N1CCCCCC1. The van der Waals surface area contributed by atoms with Crippen LogP contribution in [0.15, 0.2) is 18.2 Å². The second-order valence-corrected chi connectivity index (χ2v) is 4.75. The van der Waals surface area contributed by atoms with E-state index in [1.807, 2.05) is 0 Å². The lowest BCUT2D eigenvalue weighted by Gasteiger charge is -2.20. The average molecular weight is 268 g/mol. The lowest BCUT2D eigenvalue weighted by molar-refractivity contribution is -0.129. The molecule has 1 aromatic carbocycles. The minimum absolute atomic E-state index is 0.000370. The fourth-order valence-corrected chi connectivity index (χ4v) is 2.24. The van der Waals surface area contributed by atoms with Crippen LogP contribution in [0.4, 0.5) is 14.5 Å². The van der Waals surface area contributed by atoms with E-state index < -0.39 is 11.6 Å². The molecule has 0 bridgehead atoms. The second-order valence-electron chi connectivity index (χ2n) is 4.75. The molecule has 0 aliphatic carbocycles. The molecule has 0 spiro atoms. The lowest BCUT2D eigenvalue weighted by atomic mass is 10.2. The molecule has 1 aliphatic heterocycles. The van der Waals surface area contributed by atoms with Crippen molar-refractivity contribution in [2.24, 2.45) is 0 Å². The Bertz CT molecular complexity index is 443. The predicted molar refractivity (Wildman–Crippen MR) is 69.9 cm³/mol. The molecule has 0 atom stereocenters. The molecule has 1 heterocycles. The molecule has 0 radical (unpaired) electrons. The Morgan fingerprint density at radius 1 is 1.16 bits per heavy atom. The van der Waals surface area contributed by atoms with Gasteiger partial charge in [0.15, 0.2) is 11.6 Å². The minimum atomic E-state index is -0.939. The Labute approximate surface area is 111 Å². The summed E-state index contributed by atoms with van der Waals surface area (Å²) in [5.74, 6) is -1.91. The van der Waals surface area contributed by atoms with Crippen LogP contribution in [0, 0.1) is 11.6 Å². The van der Waals surface area contributed by atoms with Gasteiger partial charge in [0.05, 0.1) is 12.2 Å². The second kappa shape index (κ2) is 6.50. The van der Waals surface area contributed by atoms with Gasteiger partial charge in [-0.05, 0) is 25.0 Å². The van der Waals surface area contributed by atoms with Crippen molar-refractivity contribution in [2.75, 3.05) is 25.0 Å². The Kier molecular flexibility index (Phi) is 4.71. The molecule has 19 heavy (non-hydrogen) atoms. The van der Waals surface area contributed by atoms with Gasteiger partial charge >= 0.3 is 0 Å². The highest BCUT2D eigenvalue weighted by Crippen LogP contribution is 2.16. The molecule has 1 aliphatic rings. The van der Waals surface area contributed by atoms with Crippen molar-refractivity contribution in [1.82, 2.24) is 4.90 Å². The van der Waals surface area contributed by atoms with Crippen molar-refractivity contribution in [1.29, 1.82) is 0 Å². The number of hydrogen-bond donors (Lipinski definition) is 1. The zero-order valence-electron chi connectivity index (χ0n) is 10.8. The quantitative estimate of drug-likeness (QED) is 0.914. The number of hydrogen-bond acceptors (Lipinski definition) is 2. The predicted octanol–water partition coefficient (Wildman–Crippen LogP) is 2.78. The number of halogens is 2. The molecule has 104 valence electrons. The number of nitrogens with zero attached hydrogens (tertiary/aromatic N) is 1. The largest absolute Gasteiger partial charge is 0.374 e. The maximum atomic E-state index is 13.4. The van der Waals surface area contributed by atoms with Crippen LogP contribution in [-0.2, 0) is 4.79 Å². The number of nitrogens with one attached hydrogen (secondary N) is 1. The van der Waals surface area contributed by atoms with Crippen molar-refractivity contribution in [3.8, 4) is 0 Å². The summed E-state index contributed by atoms with van der Waals surface area (Å²) in [5, 5.41) is 2.67. The summed E-state index contributed by atoms with van der Waals surface area (Å²) in [6, 6.07) is 3.89. The van der Waals surface area contributed by atoms with Crippen LogP contribution in [0.1, 0.15) is 25.7 Å². The van der Waals surface area contributed by atoms with E-state index in [0.717, 1.165) is 44.8 Å². The molecule has 1 saturated heterocycles. The zero-order chi connectivity index (χ0) is 13.7. The van der Waals surface area contributed by atoms with Crippen LogP contribution in [0.2, 0.25) is 0 Å². The van der Waals surface area contributed by atoms with E-state index in [4.69, 9.17) is 0 Å². The molecule has 3 nitrogen and oxygen atoms in total. The van der Waals surface area contributed by atoms with Crippen LogP contribution in [0.3, 0.4) is 0 Å². The van der Waals surface area contributed by atoms with E-state index in [-0.39, 0.29) is 18.1 Å². The molecule has 1 N–H and O–H groups in total. The van der Waals surface area contributed by atoms with E-state index in [0.29, 0.717) is 0 Å². The van der Waals surface area contributed by atoms with Crippen molar-refractivity contribution in [3.05, 3.63) is 29.8 Å². The van der Waals surface area contributed by atoms with Crippen LogP contribution in [0.25, 0.3) is 0 Å². The summed E-state index contributed by atoms with van der Waals surface area (Å²) < 4.78 is 26.4. The maximum absolute atomic E-state index is 13.4. The van der Waals surface area contributed by atoms with Crippen LogP contribution in [-0.4, -0.2) is 30.4 Å². The van der Waals surface area contributed by atoms with E-state index in [1.54, 1.807) is 4.90 Å². The third-order valence-electron chi connectivity index (χ3n) is 3.34. The maximum Gasteiger partial charge on any atom is 0.241 e. The van der Waals surface area contributed by atoms with Crippen LogP contribution in [0.5, 0.6) is 0 Å². The van der Waals surface area contributed by atoms with E-state index >= 15 is 0 Å². The summed E-state index contributed by atoms with van der Waals surface area (Å²) >= 11 is 0. The molecular formula is C14H18F2N2O. The highest BCUT2D eigenvalue weighted by molar-refractivity contribution is 5.80. The number of anilines is 1. The first-order valence-corrected chi connectivity index (χ1v) is 6.64. The third kappa shape index (κ3) is 3.66. The number of carbonyl (C=O) groups excluding carboxylic acids is 1. The first kappa shape index (κ1) is 13.8. The Morgan fingerprint density at radius 3 is 2.53 bits per heavy atom. The third-order valence-corrected chi connectivity index (χ3v) is 3.34. The molecule has 0 aromatic heterocycles. The summed E-state index contributed by atoms with van der Waals surface area (Å²) in [6.45, 7) is 1.51. The van der Waals surface area contributed by atoms with Crippen LogP contribution < -0.4 is 5.32 Å². The number of amides is 1. The van der Waals surface area contributed by atoms with E-state index in [1.165, 1.54) is 12.1 Å². The highest BCUT2D eigenvalue weighted by Gasteiger charge is 2.16. The van der Waals surface area contributed by atoms with Crippen molar-refractivity contribution in [3.63, 3.8) is 0 Å². The number of likely N-dealkylation sites (tertiary alicyclic amines) is 1. The zero-order valence-corrected chi connectivity index (χ0v) is 10.8. The van der Waals surface area contributed by atoms with Gasteiger partial charge in [0.2, 0.25) is 5.91 Å². The van der Waals surface area contributed by atoms with Gasteiger partial charge in [0, 0.05) is 13.1 Å². The lowest BCUT2D eigenvalue weighted by Crippen LogP contribution is -2.36. The smallest absolute Gasteiger partial charge is 0.241 e. The van der Waals surface area contributed by atoms with Gasteiger partial charge in [-0.3, -0.25) is 4.79 Å². The molecule has 0 unspecified atom stereocenters. The van der Waals surface area contributed by atoms with Gasteiger partial charge in [-0.1, -0.05) is 18.9 Å². The Balaban J connectivity index is 1.90. The molecule has 2 rings (SSSR count). The van der Waals surface area contributed by atoms with Gasteiger partial charge in [-0.15, -0.1) is 0 Å². The Morgan fingerprint density at radius 2 is 1.84 bits per heavy atom. The van der Waals surface area contributed by atoms with Crippen molar-refractivity contribution < 1.29 is 13.6 Å². The minimum Gasteiger partial charge on any atom is -0.374 e. The number of carbonyl (C=O) groups is 1. The molecule has 1 aromatic rings. The summed E-state index contributed by atoms with van der Waals surface area (Å²) in [6.07, 6.45) is 4.32. The van der Waals surface area contributed by atoms with Gasteiger partial charge < -0.3 is 10.2 Å². The van der Waals surface area contributed by atoms with Gasteiger partial charge in [0.25, 0.3) is 0 Å². The topological polar surface area (TPSA) is 32.3 Å². The van der Waals surface area contributed by atoms with Crippen LogP contribution >= 0.6 is 0 Å². The standard InChI is InChI=1S/C14H18F2N2O/c15-11-6-5-7-12(14(11)16)17-10-13(19)18-8-3-1-2-4-9-18/h5-7,17H,1-4,8-10H2. The van der Waals surface area contributed by atoms with E-state index in [2.05, 4.69) is 5.32 Å². The fraction of sp³-hybridized carbons (Fsp3) is 0.500. The molecular weight excluding hydrogens is 250 g/mol. The average Bonchev–Trinajstić information content (AvgIpc) is 2.69. The van der Waals surface area contributed by atoms with Gasteiger partial charge in [0.1, 0.15) is 0 Å². The fourth-order valence-electron chi connectivity index (χ4n) is 2.24. The molecule has 1 amide bonds. The van der Waals surface area contributed by atoms with Crippen molar-refractivity contribution >= 4 is 11.6 Å². The molecule has 0 saturated carbocycles. The monoisotopic (exact) mass is 268 g/mol. The summed E-state index contributed by atoms with van der Waals surface area (Å²) in [4.78, 5) is 13.8. The number of rotatable bonds is 3. The molecule has 5 heteroatoms. The summed E-state index contributed by atoms with van der Waals surface area (Å²) in [5.41, 5.74) is 0.0307. The normalized spacial score (nSPS) is 16.0.